The van der Waals surface area contributed by atoms with E-state index in [0.29, 0.717) is 23.7 Å². The van der Waals surface area contributed by atoms with Gasteiger partial charge in [0.05, 0.1) is 0 Å². The van der Waals surface area contributed by atoms with Gasteiger partial charge in [0, 0.05) is 12.1 Å². The second kappa shape index (κ2) is 5.51. The maximum absolute atomic E-state index is 5.79. The lowest BCUT2D eigenvalue weighted by molar-refractivity contribution is 0.122. The topological polar surface area (TPSA) is 25.4 Å². The summed E-state index contributed by atoms with van der Waals surface area (Å²) in [6.07, 6.45) is 3.79. The Hall–Kier alpha value is -0.800. The van der Waals surface area contributed by atoms with Crippen molar-refractivity contribution in [2.45, 2.75) is 25.3 Å². The van der Waals surface area contributed by atoms with Crippen LogP contribution in [0.5, 0.6) is 5.88 Å². The average molecular weight is 241 g/mol. The second-order valence-corrected chi connectivity index (χ2v) is 4.63. The van der Waals surface area contributed by atoms with Crippen molar-refractivity contribution in [2.24, 2.45) is 0 Å². The molecule has 3 nitrogen and oxygen atoms in total. The molecule has 16 heavy (non-hydrogen) atoms. The van der Waals surface area contributed by atoms with Crippen molar-refractivity contribution in [3.63, 3.8) is 0 Å². The third kappa shape index (κ3) is 3.09. The van der Waals surface area contributed by atoms with Crippen molar-refractivity contribution < 1.29 is 4.74 Å². The smallest absolute Gasteiger partial charge is 0.214 e. The normalized spacial score (nSPS) is 22.0. The Morgan fingerprint density at radius 2 is 2.38 bits per heavy atom. The fraction of sp³-hybridized carbons (Fsp3) is 0.583. The SMILES string of the molecule is CN1CCCCC1COc1cccc(Cl)n1. The Morgan fingerprint density at radius 1 is 1.50 bits per heavy atom. The van der Waals surface area contributed by atoms with Crippen LogP contribution in [0.1, 0.15) is 19.3 Å². The van der Waals surface area contributed by atoms with Gasteiger partial charge in [-0.05, 0) is 32.5 Å². The Morgan fingerprint density at radius 3 is 3.12 bits per heavy atom. The number of likely N-dealkylation sites (N-methyl/N-ethyl adjacent to an activating group) is 1. The molecule has 0 spiro atoms. The molecule has 1 fully saturated rings. The summed E-state index contributed by atoms with van der Waals surface area (Å²) >= 11 is 5.79. The Labute approximate surface area is 101 Å². The summed E-state index contributed by atoms with van der Waals surface area (Å²) in [4.78, 5) is 6.46. The number of aromatic nitrogens is 1. The van der Waals surface area contributed by atoms with Crippen LogP contribution < -0.4 is 4.74 Å². The molecule has 1 unspecified atom stereocenters. The van der Waals surface area contributed by atoms with Gasteiger partial charge < -0.3 is 9.64 Å². The zero-order valence-corrected chi connectivity index (χ0v) is 10.3. The Balaban J connectivity index is 1.86. The number of hydrogen-bond donors (Lipinski definition) is 0. The van der Waals surface area contributed by atoms with Gasteiger partial charge in [0.15, 0.2) is 0 Å². The fourth-order valence-corrected chi connectivity index (χ4v) is 2.16. The number of hydrogen-bond acceptors (Lipinski definition) is 3. The zero-order chi connectivity index (χ0) is 11.4. The van der Waals surface area contributed by atoms with Gasteiger partial charge in [0.25, 0.3) is 0 Å². The number of halogens is 1. The van der Waals surface area contributed by atoms with E-state index in [-0.39, 0.29) is 0 Å². The van der Waals surface area contributed by atoms with Gasteiger partial charge in [-0.2, -0.15) is 0 Å². The lowest BCUT2D eigenvalue weighted by Gasteiger charge is -2.31. The first-order valence-electron chi connectivity index (χ1n) is 5.71. The Kier molecular flexibility index (Phi) is 4.02. The number of pyridine rings is 1. The van der Waals surface area contributed by atoms with Crippen molar-refractivity contribution in [2.75, 3.05) is 20.2 Å². The van der Waals surface area contributed by atoms with E-state index in [0.717, 1.165) is 6.54 Å². The first-order valence-corrected chi connectivity index (χ1v) is 6.09. The molecule has 1 aromatic rings. The molecule has 0 amide bonds. The summed E-state index contributed by atoms with van der Waals surface area (Å²) in [5.74, 6) is 0.617. The highest BCUT2D eigenvalue weighted by Crippen LogP contribution is 2.17. The number of rotatable bonds is 3. The molecule has 1 aliphatic heterocycles. The molecule has 0 N–H and O–H groups in total. The van der Waals surface area contributed by atoms with Crippen LogP contribution in [0.3, 0.4) is 0 Å². The third-order valence-corrected chi connectivity index (χ3v) is 3.25. The van der Waals surface area contributed by atoms with Crippen molar-refractivity contribution in [1.82, 2.24) is 9.88 Å². The van der Waals surface area contributed by atoms with Gasteiger partial charge in [-0.1, -0.05) is 24.1 Å². The molecule has 2 heterocycles. The summed E-state index contributed by atoms with van der Waals surface area (Å²) in [5.41, 5.74) is 0. The highest BCUT2D eigenvalue weighted by atomic mass is 35.5. The highest BCUT2D eigenvalue weighted by molar-refractivity contribution is 6.29. The van der Waals surface area contributed by atoms with E-state index >= 15 is 0 Å². The van der Waals surface area contributed by atoms with Crippen molar-refractivity contribution in [1.29, 1.82) is 0 Å². The molecule has 0 radical (unpaired) electrons. The summed E-state index contributed by atoms with van der Waals surface area (Å²) in [6.45, 7) is 1.86. The maximum atomic E-state index is 5.79. The van der Waals surface area contributed by atoms with Gasteiger partial charge in [0.2, 0.25) is 5.88 Å². The molecular weight excluding hydrogens is 224 g/mol. The molecule has 2 rings (SSSR count). The second-order valence-electron chi connectivity index (χ2n) is 4.24. The van der Waals surface area contributed by atoms with E-state index in [4.69, 9.17) is 16.3 Å². The van der Waals surface area contributed by atoms with Crippen molar-refractivity contribution in [3.8, 4) is 5.88 Å². The van der Waals surface area contributed by atoms with E-state index in [9.17, 15) is 0 Å². The van der Waals surface area contributed by atoms with Gasteiger partial charge in [-0.25, -0.2) is 4.98 Å². The molecule has 0 aliphatic carbocycles. The van der Waals surface area contributed by atoms with Crippen LogP contribution in [0.2, 0.25) is 5.15 Å². The minimum atomic E-state index is 0.481. The maximum Gasteiger partial charge on any atom is 0.214 e. The molecule has 0 saturated carbocycles. The number of likely N-dealkylation sites (tertiary alicyclic amines) is 1. The quantitative estimate of drug-likeness (QED) is 0.760. The molecule has 0 aromatic carbocycles. The summed E-state index contributed by atoms with van der Waals surface area (Å²) in [5, 5.41) is 0.481. The van der Waals surface area contributed by atoms with Crippen LogP contribution in [-0.4, -0.2) is 36.1 Å². The van der Waals surface area contributed by atoms with Gasteiger partial charge in [0.1, 0.15) is 11.8 Å². The van der Waals surface area contributed by atoms with E-state index in [1.165, 1.54) is 19.3 Å². The predicted molar refractivity (Wildman–Crippen MR) is 65.0 cm³/mol. The van der Waals surface area contributed by atoms with Gasteiger partial charge in [-0.3, -0.25) is 0 Å². The van der Waals surface area contributed by atoms with Gasteiger partial charge >= 0.3 is 0 Å². The third-order valence-electron chi connectivity index (χ3n) is 3.03. The van der Waals surface area contributed by atoms with E-state index in [1.807, 2.05) is 12.1 Å². The van der Waals surface area contributed by atoms with Crippen molar-refractivity contribution in [3.05, 3.63) is 23.4 Å². The van der Waals surface area contributed by atoms with Crippen LogP contribution in [0, 0.1) is 0 Å². The van der Waals surface area contributed by atoms with E-state index < -0.39 is 0 Å². The van der Waals surface area contributed by atoms with E-state index in [2.05, 4.69) is 16.9 Å². The standard InChI is InChI=1S/C12H17ClN2O/c1-15-8-3-2-5-10(15)9-16-12-7-4-6-11(13)14-12/h4,6-7,10H,2-3,5,8-9H2,1H3. The predicted octanol–water partition coefficient (Wildman–Crippen LogP) is 2.60. The van der Waals surface area contributed by atoms with Crippen LogP contribution in [0.25, 0.3) is 0 Å². The summed E-state index contributed by atoms with van der Waals surface area (Å²) in [6, 6.07) is 5.96. The molecule has 1 atom stereocenters. The van der Waals surface area contributed by atoms with Crippen LogP contribution in [0.4, 0.5) is 0 Å². The zero-order valence-electron chi connectivity index (χ0n) is 9.53. The van der Waals surface area contributed by atoms with Crippen molar-refractivity contribution >= 4 is 11.6 Å². The molecule has 4 heteroatoms. The summed E-state index contributed by atoms with van der Waals surface area (Å²) in [7, 11) is 2.15. The first kappa shape index (κ1) is 11.7. The molecule has 88 valence electrons. The average Bonchev–Trinajstić information content (AvgIpc) is 2.28. The molecule has 1 saturated heterocycles. The lowest BCUT2D eigenvalue weighted by Crippen LogP contribution is -2.40. The fourth-order valence-electron chi connectivity index (χ4n) is 2.01. The molecule has 1 aliphatic rings. The highest BCUT2D eigenvalue weighted by Gasteiger charge is 2.19. The van der Waals surface area contributed by atoms with Crippen LogP contribution >= 0.6 is 11.6 Å². The molecule has 1 aromatic heterocycles. The van der Waals surface area contributed by atoms with Gasteiger partial charge in [-0.15, -0.1) is 0 Å². The largest absolute Gasteiger partial charge is 0.476 e. The Bertz CT molecular complexity index is 346. The number of nitrogens with zero attached hydrogens (tertiary/aromatic N) is 2. The minimum Gasteiger partial charge on any atom is -0.476 e. The summed E-state index contributed by atoms with van der Waals surface area (Å²) < 4.78 is 5.66. The lowest BCUT2D eigenvalue weighted by atomic mass is 10.0. The monoisotopic (exact) mass is 240 g/mol. The molecular formula is C12H17ClN2O. The first-order chi connectivity index (χ1) is 7.75. The minimum absolute atomic E-state index is 0.481. The number of piperidine rings is 1. The number of ether oxygens (including phenoxy) is 1. The van der Waals surface area contributed by atoms with E-state index in [1.54, 1.807) is 6.07 Å². The van der Waals surface area contributed by atoms with Crippen LogP contribution in [0.15, 0.2) is 18.2 Å². The van der Waals surface area contributed by atoms with Crippen LogP contribution in [-0.2, 0) is 0 Å². The molecule has 0 bridgehead atoms.